The molecule has 0 spiro atoms. The van der Waals surface area contributed by atoms with Gasteiger partial charge >= 0.3 is 0 Å². The Morgan fingerprint density at radius 3 is 2.43 bits per heavy atom. The average molecular weight is 333 g/mol. The molecule has 0 aliphatic carbocycles. The van der Waals surface area contributed by atoms with Gasteiger partial charge in [0.25, 0.3) is 15.0 Å². The van der Waals surface area contributed by atoms with E-state index in [2.05, 4.69) is 20.8 Å². The van der Waals surface area contributed by atoms with Crippen molar-refractivity contribution in [3.63, 3.8) is 0 Å². The van der Waals surface area contributed by atoms with Gasteiger partial charge < -0.3 is 9.47 Å². The molecule has 21 heavy (non-hydrogen) atoms. The van der Waals surface area contributed by atoms with Gasteiger partial charge in [-0.2, -0.15) is 0 Å². The molecule has 1 unspecified atom stereocenters. The van der Waals surface area contributed by atoms with E-state index < -0.39 is 9.05 Å². The highest BCUT2D eigenvalue weighted by molar-refractivity contribution is 8.13. The average Bonchev–Trinajstić information content (AvgIpc) is 2.92. The number of aryl methyl sites for hydroxylation is 1. The Balaban J connectivity index is 2.21. The Morgan fingerprint density at radius 2 is 2.00 bits per heavy atom. The fourth-order valence-electron chi connectivity index (χ4n) is 2.69. The molecule has 1 aliphatic heterocycles. The van der Waals surface area contributed by atoms with Crippen molar-refractivity contribution >= 4 is 25.6 Å². The molecule has 0 bridgehead atoms. The van der Waals surface area contributed by atoms with Gasteiger partial charge in [0.2, 0.25) is 0 Å². The highest BCUT2D eigenvalue weighted by Crippen LogP contribution is 2.34. The maximum Gasteiger partial charge on any atom is 0.270 e. The SMILES string of the molecule is Cn1cc(S(=O)(=O)Cl)cc1C(=O)N1CCC(C(C)(C)C)C1. The van der Waals surface area contributed by atoms with Crippen molar-refractivity contribution < 1.29 is 13.2 Å². The number of amides is 1. The number of hydrogen-bond acceptors (Lipinski definition) is 3. The zero-order chi connectivity index (χ0) is 16.0. The van der Waals surface area contributed by atoms with Crippen LogP contribution in [0.25, 0.3) is 0 Å². The minimum absolute atomic E-state index is 0.0402. The first kappa shape index (κ1) is 16.4. The molecule has 2 heterocycles. The van der Waals surface area contributed by atoms with Gasteiger partial charge in [-0.25, -0.2) is 8.42 Å². The van der Waals surface area contributed by atoms with Gasteiger partial charge in [-0.1, -0.05) is 20.8 Å². The second kappa shape index (κ2) is 5.32. The predicted octanol–water partition coefficient (Wildman–Crippen LogP) is 2.46. The normalized spacial score (nSPS) is 20.0. The molecule has 0 aromatic carbocycles. The zero-order valence-electron chi connectivity index (χ0n) is 12.8. The maximum atomic E-state index is 12.5. The van der Waals surface area contributed by atoms with E-state index in [0.717, 1.165) is 6.42 Å². The zero-order valence-corrected chi connectivity index (χ0v) is 14.3. The molecule has 1 saturated heterocycles. The Kier molecular flexibility index (Phi) is 4.14. The number of carbonyl (C=O) groups excluding carboxylic acids is 1. The van der Waals surface area contributed by atoms with Crippen molar-refractivity contribution in [3.8, 4) is 0 Å². The summed E-state index contributed by atoms with van der Waals surface area (Å²) in [5.41, 5.74) is 0.511. The minimum atomic E-state index is -3.81. The van der Waals surface area contributed by atoms with Crippen LogP contribution in [-0.4, -0.2) is 36.9 Å². The molecule has 1 atom stereocenters. The smallest absolute Gasteiger partial charge is 0.270 e. The van der Waals surface area contributed by atoms with Crippen molar-refractivity contribution in [3.05, 3.63) is 18.0 Å². The Labute approximate surface area is 130 Å². The van der Waals surface area contributed by atoms with E-state index in [-0.39, 0.29) is 16.2 Å². The van der Waals surface area contributed by atoms with Crippen molar-refractivity contribution in [1.82, 2.24) is 9.47 Å². The van der Waals surface area contributed by atoms with Gasteiger partial charge in [-0.05, 0) is 23.8 Å². The second-order valence-electron chi connectivity index (χ2n) is 6.71. The van der Waals surface area contributed by atoms with E-state index in [1.165, 1.54) is 16.8 Å². The van der Waals surface area contributed by atoms with Gasteiger partial charge in [0.1, 0.15) is 10.6 Å². The van der Waals surface area contributed by atoms with E-state index in [0.29, 0.717) is 24.7 Å². The fraction of sp³-hybridized carbons (Fsp3) is 0.643. The molecule has 118 valence electrons. The summed E-state index contributed by atoms with van der Waals surface area (Å²) in [7, 11) is 3.16. The third-order valence-corrected chi connectivity index (χ3v) is 5.50. The lowest BCUT2D eigenvalue weighted by Crippen LogP contribution is -2.32. The van der Waals surface area contributed by atoms with Crippen LogP contribution in [-0.2, 0) is 16.1 Å². The van der Waals surface area contributed by atoms with E-state index in [4.69, 9.17) is 10.7 Å². The number of aromatic nitrogens is 1. The maximum absolute atomic E-state index is 12.5. The lowest BCUT2D eigenvalue weighted by molar-refractivity contribution is 0.0767. The summed E-state index contributed by atoms with van der Waals surface area (Å²) in [6.07, 6.45) is 2.34. The van der Waals surface area contributed by atoms with Crippen LogP contribution in [0.4, 0.5) is 0 Å². The summed E-state index contributed by atoms with van der Waals surface area (Å²) in [6.45, 7) is 7.93. The molecule has 0 N–H and O–H groups in total. The summed E-state index contributed by atoms with van der Waals surface area (Å²) < 4.78 is 24.2. The lowest BCUT2D eigenvalue weighted by atomic mass is 9.80. The molecule has 1 aromatic rings. The van der Waals surface area contributed by atoms with Gasteiger partial charge in [0.15, 0.2) is 0 Å². The van der Waals surface area contributed by atoms with Crippen LogP contribution in [0.3, 0.4) is 0 Å². The van der Waals surface area contributed by atoms with Crippen LogP contribution in [0.1, 0.15) is 37.7 Å². The summed E-state index contributed by atoms with van der Waals surface area (Å²) in [4.78, 5) is 14.3. The Morgan fingerprint density at radius 1 is 1.38 bits per heavy atom. The minimum Gasteiger partial charge on any atom is -0.345 e. The molecule has 0 saturated carbocycles. The van der Waals surface area contributed by atoms with Gasteiger partial charge in [-0.15, -0.1) is 0 Å². The van der Waals surface area contributed by atoms with Gasteiger partial charge in [-0.3, -0.25) is 4.79 Å². The Hall–Kier alpha value is -1.01. The fourth-order valence-corrected chi connectivity index (χ4v) is 3.48. The summed E-state index contributed by atoms with van der Waals surface area (Å²) in [6, 6.07) is 1.34. The third kappa shape index (κ3) is 3.43. The van der Waals surface area contributed by atoms with Crippen molar-refractivity contribution in [2.75, 3.05) is 13.1 Å². The highest BCUT2D eigenvalue weighted by Gasteiger charge is 2.35. The van der Waals surface area contributed by atoms with Crippen LogP contribution in [0.2, 0.25) is 0 Å². The first-order chi connectivity index (χ1) is 9.50. The number of halogens is 1. The molecule has 1 aromatic heterocycles. The summed E-state index contributed by atoms with van der Waals surface area (Å²) in [5.74, 6) is 0.314. The van der Waals surface area contributed by atoms with E-state index in [9.17, 15) is 13.2 Å². The molecular weight excluding hydrogens is 312 g/mol. The quantitative estimate of drug-likeness (QED) is 0.782. The second-order valence-corrected chi connectivity index (χ2v) is 9.28. The van der Waals surface area contributed by atoms with Crippen molar-refractivity contribution in [2.24, 2.45) is 18.4 Å². The monoisotopic (exact) mass is 332 g/mol. The van der Waals surface area contributed by atoms with Crippen LogP contribution in [0.5, 0.6) is 0 Å². The standard InChI is InChI=1S/C14H21ClN2O3S/c1-14(2,3)10-5-6-17(8-10)13(18)12-7-11(9-16(12)4)21(15,19)20/h7,9-10H,5-6,8H2,1-4H3. The van der Waals surface area contributed by atoms with Crippen molar-refractivity contribution in [1.29, 1.82) is 0 Å². The number of hydrogen-bond donors (Lipinski definition) is 0. The molecule has 2 rings (SSSR count). The predicted molar refractivity (Wildman–Crippen MR) is 81.9 cm³/mol. The largest absolute Gasteiger partial charge is 0.345 e. The lowest BCUT2D eigenvalue weighted by Gasteiger charge is -2.27. The molecular formula is C14H21ClN2O3S. The molecule has 1 fully saturated rings. The number of likely N-dealkylation sites (tertiary alicyclic amines) is 1. The first-order valence-corrected chi connectivity index (χ1v) is 9.21. The van der Waals surface area contributed by atoms with Crippen LogP contribution < -0.4 is 0 Å². The molecule has 7 heteroatoms. The van der Waals surface area contributed by atoms with E-state index >= 15 is 0 Å². The summed E-state index contributed by atoms with van der Waals surface area (Å²) >= 11 is 0. The van der Waals surface area contributed by atoms with Gasteiger partial charge in [0, 0.05) is 37.0 Å². The topological polar surface area (TPSA) is 59.4 Å². The molecule has 5 nitrogen and oxygen atoms in total. The van der Waals surface area contributed by atoms with E-state index in [1.807, 2.05) is 0 Å². The molecule has 1 amide bonds. The number of carbonyl (C=O) groups is 1. The van der Waals surface area contributed by atoms with Gasteiger partial charge in [0.05, 0.1) is 0 Å². The number of nitrogens with zero attached hydrogens (tertiary/aromatic N) is 2. The van der Waals surface area contributed by atoms with Crippen molar-refractivity contribution in [2.45, 2.75) is 32.1 Å². The Bertz CT molecular complexity index is 658. The van der Waals surface area contributed by atoms with Crippen LogP contribution in [0, 0.1) is 11.3 Å². The molecule has 0 radical (unpaired) electrons. The van der Waals surface area contributed by atoms with Crippen LogP contribution in [0.15, 0.2) is 17.2 Å². The summed E-state index contributed by atoms with van der Waals surface area (Å²) in [5, 5.41) is 0. The van der Waals surface area contributed by atoms with E-state index in [1.54, 1.807) is 11.9 Å². The number of rotatable bonds is 2. The van der Waals surface area contributed by atoms with Crippen LogP contribution >= 0.6 is 10.7 Å². The first-order valence-electron chi connectivity index (χ1n) is 6.90. The third-order valence-electron chi connectivity index (χ3n) is 4.18. The molecule has 1 aliphatic rings. The highest BCUT2D eigenvalue weighted by atomic mass is 35.7.